The van der Waals surface area contributed by atoms with Crippen LogP contribution in [0.25, 0.3) is 0 Å². The number of hydrogen-bond acceptors (Lipinski definition) is 16. The molecule has 0 rings (SSSR count). The van der Waals surface area contributed by atoms with Crippen LogP contribution in [0.2, 0.25) is 0 Å². The van der Waals surface area contributed by atoms with Crippen molar-refractivity contribution < 1.29 is 77.6 Å². The second kappa shape index (κ2) is 38.9. The molecule has 10 amide bonds. The van der Waals surface area contributed by atoms with Gasteiger partial charge < -0.3 is 91.8 Å². The smallest absolute Gasteiger partial charge is 0.326 e. The van der Waals surface area contributed by atoms with Crippen LogP contribution < -0.4 is 76.5 Å². The molecule has 0 aromatic heterocycles. The molecule has 0 aromatic carbocycles. The molecule has 0 heterocycles. The number of guanidine groups is 1. The Balaban J connectivity index is 6.68. The standard InChI is InChI=1S/C52H93N15O16/c1-10-26(6)39(49(80)61-31(17-13-14-20-53)44(75)64-35(24-38(71)72)48(79)67-41(51(82)83)28(8)12-3)66-50(81)40(27(7)11-2)65-45(76)32(18-19-37(69)70)60-42(73)29(9)59-46(77)33(22-25(4)5)63-47(78)34(23-36(55)68)62-43(74)30(54)16-15-21-58-52(56)57/h25-35,39-41H,10-24,53-54H2,1-9H3,(H2,55,68)(H,59,77)(H,60,73)(H,61,80)(H,62,74)(H,63,78)(H,64,75)(H,65,76)(H,66,81)(H,67,79)(H,69,70)(H,71,72)(H,82,83)(H4,56,57,58)/t26-,27-,28-,29-,30-,31-,32-,33-,34-,35-,39-,40-,41-/m0/s1. The lowest BCUT2D eigenvalue weighted by Crippen LogP contribution is -2.62. The van der Waals surface area contributed by atoms with Crippen molar-refractivity contribution in [3.05, 3.63) is 0 Å². The highest BCUT2D eigenvalue weighted by Crippen LogP contribution is 2.16. The number of carbonyl (C=O) groups excluding carboxylic acids is 10. The van der Waals surface area contributed by atoms with Crippen molar-refractivity contribution in [1.29, 1.82) is 0 Å². The highest BCUT2D eigenvalue weighted by Gasteiger charge is 2.38. The van der Waals surface area contributed by atoms with Crippen LogP contribution in [0, 0.1) is 23.7 Å². The Labute approximate surface area is 483 Å². The molecule has 0 unspecified atom stereocenters. The Kier molecular flexibility index (Phi) is 35.3. The third kappa shape index (κ3) is 29.2. The second-order valence-corrected chi connectivity index (χ2v) is 21.2. The van der Waals surface area contributed by atoms with Crippen LogP contribution in [-0.4, -0.2) is 172 Å². The number of hydrogen-bond donors (Lipinski definition) is 17. The Morgan fingerprint density at radius 2 is 0.867 bits per heavy atom. The van der Waals surface area contributed by atoms with E-state index in [4.69, 9.17) is 28.7 Å². The molecule has 31 heteroatoms. The predicted molar refractivity (Wildman–Crippen MR) is 302 cm³/mol. The number of nitrogens with zero attached hydrogens (tertiary/aromatic N) is 1. The number of nitrogens with one attached hydrogen (secondary N) is 9. The van der Waals surface area contributed by atoms with Gasteiger partial charge in [-0.1, -0.05) is 74.7 Å². The number of rotatable bonds is 42. The second-order valence-electron chi connectivity index (χ2n) is 21.2. The van der Waals surface area contributed by atoms with Crippen molar-refractivity contribution in [3.63, 3.8) is 0 Å². The van der Waals surface area contributed by atoms with Gasteiger partial charge in [-0.15, -0.1) is 0 Å². The van der Waals surface area contributed by atoms with Crippen LogP contribution in [0.15, 0.2) is 4.99 Å². The number of carboxylic acid groups (broad SMARTS) is 3. The van der Waals surface area contributed by atoms with Gasteiger partial charge in [0, 0.05) is 13.0 Å². The zero-order chi connectivity index (χ0) is 63.8. The Hall–Kier alpha value is -7.70. The van der Waals surface area contributed by atoms with Crippen LogP contribution in [0.5, 0.6) is 0 Å². The topological polar surface area (TPSA) is 533 Å². The number of carbonyl (C=O) groups is 13. The molecule has 0 bridgehead atoms. The third-order valence-corrected chi connectivity index (χ3v) is 13.7. The first-order chi connectivity index (χ1) is 38.7. The summed E-state index contributed by atoms with van der Waals surface area (Å²) in [6, 6.07) is -14.7. The Morgan fingerprint density at radius 3 is 1.36 bits per heavy atom. The van der Waals surface area contributed by atoms with Gasteiger partial charge in [-0.05, 0) is 82.1 Å². The minimum atomic E-state index is -1.78. The number of carboxylic acids is 3. The van der Waals surface area contributed by atoms with Gasteiger partial charge >= 0.3 is 17.9 Å². The minimum absolute atomic E-state index is 0.0217. The molecule has 0 aromatic rings. The molecular formula is C52H93N15O16. The maximum Gasteiger partial charge on any atom is 0.326 e. The molecule has 0 saturated heterocycles. The fourth-order valence-corrected chi connectivity index (χ4v) is 8.04. The van der Waals surface area contributed by atoms with Crippen LogP contribution in [-0.2, 0) is 62.3 Å². The Morgan fingerprint density at radius 1 is 0.446 bits per heavy atom. The van der Waals surface area contributed by atoms with E-state index in [1.807, 2.05) is 0 Å². The van der Waals surface area contributed by atoms with E-state index in [1.165, 1.54) is 6.92 Å². The van der Waals surface area contributed by atoms with Crippen LogP contribution in [0.1, 0.15) is 146 Å². The summed E-state index contributed by atoms with van der Waals surface area (Å²) in [5.41, 5.74) is 27.7. The lowest BCUT2D eigenvalue weighted by Gasteiger charge is -2.31. The van der Waals surface area contributed by atoms with E-state index in [0.717, 1.165) is 0 Å². The van der Waals surface area contributed by atoms with Gasteiger partial charge in [-0.2, -0.15) is 0 Å². The highest BCUT2D eigenvalue weighted by atomic mass is 16.4. The molecule has 22 N–H and O–H groups in total. The molecule has 0 spiro atoms. The van der Waals surface area contributed by atoms with Gasteiger partial charge in [-0.3, -0.25) is 62.5 Å². The lowest BCUT2D eigenvalue weighted by molar-refractivity contribution is -0.145. The van der Waals surface area contributed by atoms with Crippen molar-refractivity contribution in [2.45, 2.75) is 206 Å². The number of primary amides is 1. The summed E-state index contributed by atoms with van der Waals surface area (Å²) in [4.78, 5) is 175. The quantitative estimate of drug-likeness (QED) is 0.0159. The maximum absolute atomic E-state index is 14.3. The normalized spacial score (nSPS) is 15.8. The average Bonchev–Trinajstić information content (AvgIpc) is 3.40. The summed E-state index contributed by atoms with van der Waals surface area (Å²) in [7, 11) is 0. The summed E-state index contributed by atoms with van der Waals surface area (Å²) in [5.74, 6) is -16.2. The van der Waals surface area contributed by atoms with Gasteiger partial charge in [0.2, 0.25) is 59.1 Å². The molecule has 472 valence electrons. The Bertz CT molecular complexity index is 2250. The van der Waals surface area contributed by atoms with Gasteiger partial charge in [0.1, 0.15) is 54.4 Å². The van der Waals surface area contributed by atoms with E-state index in [1.54, 1.807) is 55.4 Å². The van der Waals surface area contributed by atoms with Crippen LogP contribution in [0.4, 0.5) is 0 Å². The van der Waals surface area contributed by atoms with E-state index < -0.39 is 181 Å². The molecule has 0 aliphatic carbocycles. The van der Waals surface area contributed by atoms with E-state index >= 15 is 0 Å². The van der Waals surface area contributed by atoms with Crippen LogP contribution in [0.3, 0.4) is 0 Å². The molecular weight excluding hydrogens is 1090 g/mol. The van der Waals surface area contributed by atoms with Crippen molar-refractivity contribution in [2.75, 3.05) is 13.1 Å². The summed E-state index contributed by atoms with van der Waals surface area (Å²) in [6.07, 6.45) is -1.01. The van der Waals surface area contributed by atoms with Crippen molar-refractivity contribution in [1.82, 2.24) is 47.9 Å². The van der Waals surface area contributed by atoms with Gasteiger partial charge in [0.05, 0.1) is 18.9 Å². The molecule has 83 heavy (non-hydrogen) atoms. The van der Waals surface area contributed by atoms with Crippen molar-refractivity contribution in [2.24, 2.45) is 57.3 Å². The monoisotopic (exact) mass is 1180 g/mol. The largest absolute Gasteiger partial charge is 0.481 e. The summed E-state index contributed by atoms with van der Waals surface area (Å²) in [6.45, 7) is 14.9. The number of nitrogens with two attached hydrogens (primary N) is 5. The highest BCUT2D eigenvalue weighted by molar-refractivity contribution is 5.99. The van der Waals surface area contributed by atoms with E-state index in [-0.39, 0.29) is 63.5 Å². The molecule has 0 saturated carbocycles. The molecule has 0 radical (unpaired) electrons. The number of aliphatic carboxylic acids is 3. The lowest BCUT2D eigenvalue weighted by atomic mass is 9.94. The van der Waals surface area contributed by atoms with Crippen molar-refractivity contribution in [3.8, 4) is 0 Å². The van der Waals surface area contributed by atoms with E-state index in [0.29, 0.717) is 19.3 Å². The van der Waals surface area contributed by atoms with Crippen molar-refractivity contribution >= 4 is 82.9 Å². The first-order valence-corrected chi connectivity index (χ1v) is 27.9. The fourth-order valence-electron chi connectivity index (χ4n) is 8.04. The molecule has 0 aliphatic rings. The first-order valence-electron chi connectivity index (χ1n) is 27.9. The molecule has 0 aliphatic heterocycles. The number of aliphatic imine (C=N–C) groups is 1. The van der Waals surface area contributed by atoms with Crippen LogP contribution >= 0.6 is 0 Å². The van der Waals surface area contributed by atoms with Gasteiger partial charge in [-0.25, -0.2) is 4.79 Å². The maximum atomic E-state index is 14.3. The SMILES string of the molecule is CC[C@H](C)[C@H](NC(=O)[C@H](CC(=O)O)NC(=O)[C@H](CCCCN)NC(=O)[C@@H](NC(=O)[C@@H](NC(=O)[C@H](CCC(=O)O)NC(=O)[C@H](C)NC(=O)[C@H](CC(C)C)NC(=O)[C@H](CC(N)=O)NC(=O)[C@@H](N)CCCN=C(N)N)[C@@H](C)CC)[C@@H](C)CC)C(=O)O. The summed E-state index contributed by atoms with van der Waals surface area (Å²) in [5, 5.41) is 51.1. The van der Waals surface area contributed by atoms with E-state index in [2.05, 4.69) is 52.8 Å². The zero-order valence-corrected chi connectivity index (χ0v) is 49.2. The molecule has 13 atom stereocenters. The molecule has 31 nitrogen and oxygen atoms in total. The zero-order valence-electron chi connectivity index (χ0n) is 49.2. The number of unbranched alkanes of at least 4 members (excludes halogenated alkanes) is 1. The number of amides is 10. The third-order valence-electron chi connectivity index (χ3n) is 13.7. The first kappa shape index (κ1) is 75.3. The summed E-state index contributed by atoms with van der Waals surface area (Å²) < 4.78 is 0. The van der Waals surface area contributed by atoms with Gasteiger partial charge in [0.25, 0.3) is 0 Å². The molecule has 0 fully saturated rings. The predicted octanol–water partition coefficient (Wildman–Crippen LogP) is -3.64. The fraction of sp³-hybridized carbons (Fsp3) is 0.731. The summed E-state index contributed by atoms with van der Waals surface area (Å²) >= 11 is 0. The minimum Gasteiger partial charge on any atom is -0.481 e. The van der Waals surface area contributed by atoms with E-state index in [9.17, 15) is 77.6 Å². The average molecular weight is 1180 g/mol. The van der Waals surface area contributed by atoms with Gasteiger partial charge in [0.15, 0.2) is 5.96 Å².